The molecule has 0 aliphatic carbocycles. The minimum Gasteiger partial charge on any atom is -0.319 e. The molecule has 0 saturated carbocycles. The van der Waals surface area contributed by atoms with Gasteiger partial charge in [0.05, 0.1) is 0 Å². The van der Waals surface area contributed by atoms with Gasteiger partial charge in [-0.2, -0.15) is 0 Å². The lowest BCUT2D eigenvalue weighted by Crippen LogP contribution is -2.37. The average Bonchev–Trinajstić information content (AvgIpc) is 2.37. The fourth-order valence-electron chi connectivity index (χ4n) is 2.91. The zero-order valence-electron chi connectivity index (χ0n) is 10.9. The fraction of sp³-hybridized carbons (Fsp3) is 0.643. The van der Waals surface area contributed by atoms with Gasteiger partial charge in [0.2, 0.25) is 0 Å². The summed E-state index contributed by atoms with van der Waals surface area (Å²) in [6.07, 6.45) is 6.54. The maximum atomic E-state index is 4.26. The number of likely N-dealkylation sites (N-methyl/N-ethyl adjacent to an activating group) is 1. The molecule has 1 fully saturated rings. The molecule has 2 unspecified atom stereocenters. The highest BCUT2D eigenvalue weighted by Crippen LogP contribution is 2.30. The van der Waals surface area contributed by atoms with Crippen LogP contribution in [0, 0.1) is 5.92 Å². The van der Waals surface area contributed by atoms with Gasteiger partial charge in [0.15, 0.2) is 0 Å². The van der Waals surface area contributed by atoms with E-state index in [1.165, 1.54) is 31.5 Å². The minimum absolute atomic E-state index is 0.594. The SMILES string of the molecule is CNCC(c1cccnc1)C1CCCN(C)C1. The molecule has 2 atom stereocenters. The number of pyridine rings is 1. The van der Waals surface area contributed by atoms with Crippen LogP contribution in [0.25, 0.3) is 0 Å². The molecule has 17 heavy (non-hydrogen) atoms. The van der Waals surface area contributed by atoms with Crippen LogP contribution in [0.4, 0.5) is 0 Å². The van der Waals surface area contributed by atoms with E-state index in [0.717, 1.165) is 12.5 Å². The normalized spacial score (nSPS) is 23.5. The third kappa shape index (κ3) is 3.27. The van der Waals surface area contributed by atoms with E-state index in [0.29, 0.717) is 5.92 Å². The highest BCUT2D eigenvalue weighted by atomic mass is 15.1. The number of hydrogen-bond acceptors (Lipinski definition) is 3. The van der Waals surface area contributed by atoms with Crippen molar-refractivity contribution in [1.82, 2.24) is 15.2 Å². The molecular weight excluding hydrogens is 210 g/mol. The van der Waals surface area contributed by atoms with Crippen LogP contribution in [-0.4, -0.2) is 43.6 Å². The van der Waals surface area contributed by atoms with E-state index in [1.807, 2.05) is 25.5 Å². The van der Waals surface area contributed by atoms with Gasteiger partial charge < -0.3 is 10.2 Å². The first kappa shape index (κ1) is 12.5. The smallest absolute Gasteiger partial charge is 0.0303 e. The van der Waals surface area contributed by atoms with Gasteiger partial charge in [-0.25, -0.2) is 0 Å². The molecule has 0 bridgehead atoms. The van der Waals surface area contributed by atoms with Crippen molar-refractivity contribution in [3.05, 3.63) is 30.1 Å². The Kier molecular flexibility index (Phi) is 4.51. The standard InChI is InChI=1S/C14H23N3/c1-15-10-14(12-5-3-7-16-9-12)13-6-4-8-17(2)11-13/h3,5,7,9,13-15H,4,6,8,10-11H2,1-2H3. The summed E-state index contributed by atoms with van der Waals surface area (Å²) in [7, 11) is 4.27. The Hall–Kier alpha value is -0.930. The topological polar surface area (TPSA) is 28.2 Å². The van der Waals surface area contributed by atoms with E-state index in [4.69, 9.17) is 0 Å². The number of piperidine rings is 1. The van der Waals surface area contributed by atoms with Crippen molar-refractivity contribution in [1.29, 1.82) is 0 Å². The molecule has 1 aliphatic rings. The molecule has 0 radical (unpaired) electrons. The monoisotopic (exact) mass is 233 g/mol. The molecule has 1 aromatic heterocycles. The van der Waals surface area contributed by atoms with Gasteiger partial charge in [-0.1, -0.05) is 6.07 Å². The van der Waals surface area contributed by atoms with Gasteiger partial charge in [0.1, 0.15) is 0 Å². The van der Waals surface area contributed by atoms with Crippen molar-refractivity contribution in [2.75, 3.05) is 33.7 Å². The summed E-state index contributed by atoms with van der Waals surface area (Å²) in [6.45, 7) is 3.50. The molecule has 1 N–H and O–H groups in total. The summed E-state index contributed by atoms with van der Waals surface area (Å²) in [5, 5.41) is 3.33. The van der Waals surface area contributed by atoms with E-state index < -0.39 is 0 Å². The van der Waals surface area contributed by atoms with Gasteiger partial charge >= 0.3 is 0 Å². The van der Waals surface area contributed by atoms with Crippen molar-refractivity contribution < 1.29 is 0 Å². The van der Waals surface area contributed by atoms with E-state index in [1.54, 1.807) is 0 Å². The first-order chi connectivity index (χ1) is 8.31. The van der Waals surface area contributed by atoms with Crippen molar-refractivity contribution in [3.63, 3.8) is 0 Å². The van der Waals surface area contributed by atoms with Crippen LogP contribution >= 0.6 is 0 Å². The van der Waals surface area contributed by atoms with E-state index in [-0.39, 0.29) is 0 Å². The number of likely N-dealkylation sites (tertiary alicyclic amines) is 1. The summed E-state index contributed by atoms with van der Waals surface area (Å²) in [5.41, 5.74) is 1.38. The maximum absolute atomic E-state index is 4.26. The van der Waals surface area contributed by atoms with Crippen molar-refractivity contribution in [2.24, 2.45) is 5.92 Å². The second-order valence-electron chi connectivity index (χ2n) is 5.12. The Bertz CT molecular complexity index is 325. The van der Waals surface area contributed by atoms with Crippen LogP contribution in [-0.2, 0) is 0 Å². The second kappa shape index (κ2) is 6.12. The Balaban J connectivity index is 2.11. The predicted octanol–water partition coefficient (Wildman–Crippen LogP) is 1.73. The quantitative estimate of drug-likeness (QED) is 0.858. The number of nitrogens with zero attached hydrogens (tertiary/aromatic N) is 2. The van der Waals surface area contributed by atoms with E-state index >= 15 is 0 Å². The third-order valence-electron chi connectivity index (χ3n) is 3.77. The molecule has 0 spiro atoms. The number of hydrogen-bond donors (Lipinski definition) is 1. The van der Waals surface area contributed by atoms with E-state index in [2.05, 4.69) is 28.3 Å². The molecule has 3 nitrogen and oxygen atoms in total. The highest BCUT2D eigenvalue weighted by Gasteiger charge is 2.26. The average molecular weight is 233 g/mol. The van der Waals surface area contributed by atoms with Crippen LogP contribution in [0.15, 0.2) is 24.5 Å². The van der Waals surface area contributed by atoms with Crippen LogP contribution in [0.5, 0.6) is 0 Å². The zero-order valence-corrected chi connectivity index (χ0v) is 10.9. The van der Waals surface area contributed by atoms with Gasteiger partial charge in [0, 0.05) is 31.4 Å². The largest absolute Gasteiger partial charge is 0.319 e. The molecule has 2 rings (SSSR count). The predicted molar refractivity (Wildman–Crippen MR) is 71.1 cm³/mol. The lowest BCUT2D eigenvalue weighted by Gasteiger charge is -2.35. The van der Waals surface area contributed by atoms with Crippen LogP contribution in [0.3, 0.4) is 0 Å². The summed E-state index contributed by atoms with van der Waals surface area (Å²) in [6, 6.07) is 4.26. The lowest BCUT2D eigenvalue weighted by molar-refractivity contribution is 0.185. The Morgan fingerprint density at radius 1 is 1.59 bits per heavy atom. The minimum atomic E-state index is 0.594. The third-order valence-corrected chi connectivity index (χ3v) is 3.77. The summed E-state index contributed by atoms with van der Waals surface area (Å²) in [5.74, 6) is 1.35. The molecular formula is C14H23N3. The number of nitrogens with one attached hydrogen (secondary N) is 1. The Morgan fingerprint density at radius 2 is 2.47 bits per heavy atom. The molecule has 1 aliphatic heterocycles. The molecule has 0 amide bonds. The van der Waals surface area contributed by atoms with Gasteiger partial charge in [0.25, 0.3) is 0 Å². The van der Waals surface area contributed by atoms with Gasteiger partial charge in [-0.05, 0) is 51.0 Å². The summed E-state index contributed by atoms with van der Waals surface area (Å²) >= 11 is 0. The van der Waals surface area contributed by atoms with Gasteiger partial charge in [-0.3, -0.25) is 4.98 Å². The van der Waals surface area contributed by atoms with E-state index in [9.17, 15) is 0 Å². The molecule has 1 aromatic rings. The Morgan fingerprint density at radius 3 is 3.12 bits per heavy atom. The maximum Gasteiger partial charge on any atom is 0.0303 e. The molecule has 1 saturated heterocycles. The number of rotatable bonds is 4. The molecule has 94 valence electrons. The molecule has 0 aromatic carbocycles. The van der Waals surface area contributed by atoms with Crippen molar-refractivity contribution in [2.45, 2.75) is 18.8 Å². The first-order valence-electron chi connectivity index (χ1n) is 6.54. The fourth-order valence-corrected chi connectivity index (χ4v) is 2.91. The van der Waals surface area contributed by atoms with Crippen molar-refractivity contribution >= 4 is 0 Å². The zero-order chi connectivity index (χ0) is 12.1. The lowest BCUT2D eigenvalue weighted by atomic mass is 9.81. The van der Waals surface area contributed by atoms with Crippen molar-refractivity contribution in [3.8, 4) is 0 Å². The summed E-state index contributed by atoms with van der Waals surface area (Å²) < 4.78 is 0. The van der Waals surface area contributed by atoms with Crippen LogP contribution in [0.1, 0.15) is 24.3 Å². The second-order valence-corrected chi connectivity index (χ2v) is 5.12. The Labute approximate surface area is 104 Å². The van der Waals surface area contributed by atoms with Crippen LogP contribution < -0.4 is 5.32 Å². The molecule has 2 heterocycles. The van der Waals surface area contributed by atoms with Gasteiger partial charge in [-0.15, -0.1) is 0 Å². The summed E-state index contributed by atoms with van der Waals surface area (Å²) in [4.78, 5) is 6.71. The first-order valence-corrected chi connectivity index (χ1v) is 6.54. The molecule has 3 heteroatoms. The number of aromatic nitrogens is 1. The highest BCUT2D eigenvalue weighted by molar-refractivity contribution is 5.16. The van der Waals surface area contributed by atoms with Crippen LogP contribution in [0.2, 0.25) is 0 Å².